The van der Waals surface area contributed by atoms with E-state index in [2.05, 4.69) is 9.69 Å². The van der Waals surface area contributed by atoms with Gasteiger partial charge in [-0.15, -0.1) is 0 Å². The summed E-state index contributed by atoms with van der Waals surface area (Å²) in [6.07, 6.45) is -0.420. The Hall–Kier alpha value is -2.45. The number of nitrogens with zero attached hydrogens (tertiary/aromatic N) is 1. The van der Waals surface area contributed by atoms with Gasteiger partial charge in [-0.25, -0.2) is 9.59 Å². The predicted molar refractivity (Wildman–Crippen MR) is 97.3 cm³/mol. The minimum absolute atomic E-state index is 0.0773. The summed E-state index contributed by atoms with van der Waals surface area (Å²) in [6.45, 7) is 5.21. The van der Waals surface area contributed by atoms with E-state index in [0.717, 1.165) is 17.1 Å². The maximum Gasteiger partial charge on any atom is 0.407 e. The first-order valence-corrected chi connectivity index (χ1v) is 8.84. The second-order valence-electron chi connectivity index (χ2n) is 6.80. The van der Waals surface area contributed by atoms with Crippen molar-refractivity contribution in [1.29, 1.82) is 0 Å². The first-order valence-electron chi connectivity index (χ1n) is 8.07. The SMILES string of the molecule is CC(C)(C)OC(=O)NC(Cc1ccccc1)C(O)c1sncc1C(=O)O. The highest BCUT2D eigenvalue weighted by Gasteiger charge is 2.30. The number of hydrogen-bond acceptors (Lipinski definition) is 6. The number of aliphatic hydroxyl groups excluding tert-OH is 1. The lowest BCUT2D eigenvalue weighted by molar-refractivity contribution is 0.0423. The Morgan fingerprint density at radius 2 is 1.92 bits per heavy atom. The summed E-state index contributed by atoms with van der Waals surface area (Å²) in [5.74, 6) is -1.18. The fraction of sp³-hybridized carbons (Fsp3) is 0.389. The maximum absolute atomic E-state index is 12.2. The van der Waals surface area contributed by atoms with Crippen LogP contribution in [0.2, 0.25) is 0 Å². The molecule has 3 N–H and O–H groups in total. The zero-order chi connectivity index (χ0) is 19.3. The van der Waals surface area contributed by atoms with Crippen LogP contribution in [0.25, 0.3) is 0 Å². The first kappa shape index (κ1) is 19.9. The van der Waals surface area contributed by atoms with Crippen molar-refractivity contribution in [1.82, 2.24) is 9.69 Å². The van der Waals surface area contributed by atoms with Gasteiger partial charge in [-0.1, -0.05) is 30.3 Å². The van der Waals surface area contributed by atoms with Crippen molar-refractivity contribution in [2.45, 2.75) is 44.9 Å². The summed E-state index contributed by atoms with van der Waals surface area (Å²) in [6, 6.07) is 8.51. The van der Waals surface area contributed by atoms with Crippen LogP contribution in [0.5, 0.6) is 0 Å². The minimum Gasteiger partial charge on any atom is -0.478 e. The van der Waals surface area contributed by atoms with Gasteiger partial charge in [0.15, 0.2) is 0 Å². The average Bonchev–Trinajstić information content (AvgIpc) is 3.02. The number of amides is 1. The Labute approximate surface area is 155 Å². The summed E-state index contributed by atoms with van der Waals surface area (Å²) < 4.78 is 9.11. The summed E-state index contributed by atoms with van der Waals surface area (Å²) in [7, 11) is 0. The van der Waals surface area contributed by atoms with Crippen molar-refractivity contribution in [3.8, 4) is 0 Å². The summed E-state index contributed by atoms with van der Waals surface area (Å²) in [5, 5.41) is 22.6. The van der Waals surface area contributed by atoms with Gasteiger partial charge in [0.05, 0.1) is 22.7 Å². The van der Waals surface area contributed by atoms with Gasteiger partial charge < -0.3 is 20.3 Å². The van der Waals surface area contributed by atoms with Crippen molar-refractivity contribution < 1.29 is 24.5 Å². The first-order chi connectivity index (χ1) is 12.2. The van der Waals surface area contributed by atoms with Crippen LogP contribution in [-0.4, -0.2) is 38.3 Å². The zero-order valence-corrected chi connectivity index (χ0v) is 15.6. The molecule has 140 valence electrons. The van der Waals surface area contributed by atoms with Crippen LogP contribution in [0.3, 0.4) is 0 Å². The molecule has 2 unspecified atom stereocenters. The van der Waals surface area contributed by atoms with Crippen LogP contribution in [0.15, 0.2) is 36.5 Å². The predicted octanol–water partition coefficient (Wildman–Crippen LogP) is 3.01. The molecule has 1 amide bonds. The van der Waals surface area contributed by atoms with E-state index in [1.807, 2.05) is 30.3 Å². The third-order valence-electron chi connectivity index (χ3n) is 3.48. The molecule has 0 fully saturated rings. The molecule has 0 bridgehead atoms. The molecular weight excluding hydrogens is 356 g/mol. The fourth-order valence-electron chi connectivity index (χ4n) is 2.37. The van der Waals surface area contributed by atoms with E-state index in [1.165, 1.54) is 6.20 Å². The second kappa shape index (κ2) is 8.29. The van der Waals surface area contributed by atoms with E-state index in [9.17, 15) is 19.8 Å². The van der Waals surface area contributed by atoms with Crippen LogP contribution >= 0.6 is 11.5 Å². The molecule has 0 radical (unpaired) electrons. The number of hydrogen-bond donors (Lipinski definition) is 3. The third kappa shape index (κ3) is 5.53. The number of aliphatic hydroxyl groups is 1. The molecule has 0 aliphatic heterocycles. The summed E-state index contributed by atoms with van der Waals surface area (Å²) >= 11 is 0.892. The summed E-state index contributed by atoms with van der Waals surface area (Å²) in [4.78, 5) is 23.7. The number of benzene rings is 1. The Bertz CT molecular complexity index is 754. The number of aromatic carboxylic acids is 1. The molecule has 2 atom stereocenters. The van der Waals surface area contributed by atoms with E-state index in [0.29, 0.717) is 6.42 Å². The topological polar surface area (TPSA) is 109 Å². The lowest BCUT2D eigenvalue weighted by atomic mass is 9.99. The number of carboxylic acids is 1. The van der Waals surface area contributed by atoms with E-state index in [4.69, 9.17) is 4.74 Å². The average molecular weight is 378 g/mol. The molecule has 0 aliphatic rings. The monoisotopic (exact) mass is 378 g/mol. The number of ether oxygens (including phenoxy) is 1. The number of carbonyl (C=O) groups excluding carboxylic acids is 1. The highest BCUT2D eigenvalue weighted by molar-refractivity contribution is 7.06. The number of carboxylic acid groups (broad SMARTS) is 1. The van der Waals surface area contributed by atoms with Gasteiger partial charge in [0, 0.05) is 0 Å². The Morgan fingerprint density at radius 1 is 1.27 bits per heavy atom. The fourth-order valence-corrected chi connectivity index (χ4v) is 3.16. The molecule has 0 aliphatic carbocycles. The molecule has 1 aromatic carbocycles. The molecule has 1 heterocycles. The van der Waals surface area contributed by atoms with Gasteiger partial charge in [-0.05, 0) is 44.3 Å². The minimum atomic E-state index is -1.23. The van der Waals surface area contributed by atoms with Crippen LogP contribution in [0, 0.1) is 0 Å². The second-order valence-corrected chi connectivity index (χ2v) is 7.63. The van der Waals surface area contributed by atoms with Crippen LogP contribution in [-0.2, 0) is 11.2 Å². The quantitative estimate of drug-likeness (QED) is 0.713. The van der Waals surface area contributed by atoms with Crippen molar-refractivity contribution >= 4 is 23.6 Å². The molecule has 0 spiro atoms. The number of aromatic nitrogens is 1. The normalized spacial score (nSPS) is 13.7. The Kier molecular flexibility index (Phi) is 6.33. The molecule has 26 heavy (non-hydrogen) atoms. The molecule has 1 aromatic heterocycles. The highest BCUT2D eigenvalue weighted by atomic mass is 32.1. The molecule has 0 saturated carbocycles. The molecule has 8 heteroatoms. The van der Waals surface area contributed by atoms with E-state index in [-0.39, 0.29) is 10.4 Å². The van der Waals surface area contributed by atoms with E-state index >= 15 is 0 Å². The van der Waals surface area contributed by atoms with Crippen LogP contribution < -0.4 is 5.32 Å². The molecule has 2 aromatic rings. The Morgan fingerprint density at radius 3 is 2.50 bits per heavy atom. The van der Waals surface area contributed by atoms with E-state index < -0.39 is 29.8 Å². The third-order valence-corrected chi connectivity index (χ3v) is 4.35. The smallest absolute Gasteiger partial charge is 0.407 e. The van der Waals surface area contributed by atoms with Gasteiger partial charge in [-0.3, -0.25) is 0 Å². The van der Waals surface area contributed by atoms with E-state index in [1.54, 1.807) is 20.8 Å². The van der Waals surface area contributed by atoms with Gasteiger partial charge in [0.1, 0.15) is 11.7 Å². The standard InChI is InChI=1S/C18H22N2O5S/c1-18(2,3)25-17(24)20-13(9-11-7-5-4-6-8-11)14(21)15-12(16(22)23)10-19-26-15/h4-8,10,13-14,21H,9H2,1-3H3,(H,20,24)(H,22,23). The molecular formula is C18H22N2O5S. The maximum atomic E-state index is 12.2. The van der Waals surface area contributed by atoms with Gasteiger partial charge in [0.25, 0.3) is 0 Å². The molecule has 7 nitrogen and oxygen atoms in total. The van der Waals surface area contributed by atoms with Crippen molar-refractivity contribution in [3.63, 3.8) is 0 Å². The molecule has 0 saturated heterocycles. The van der Waals surface area contributed by atoms with Crippen LogP contribution in [0.4, 0.5) is 4.79 Å². The van der Waals surface area contributed by atoms with Crippen LogP contribution in [0.1, 0.15) is 47.7 Å². The lowest BCUT2D eigenvalue weighted by Crippen LogP contribution is -2.43. The Balaban J connectivity index is 2.25. The van der Waals surface area contributed by atoms with Crippen molar-refractivity contribution in [3.05, 3.63) is 52.5 Å². The van der Waals surface area contributed by atoms with Crippen molar-refractivity contribution in [2.75, 3.05) is 0 Å². The number of carbonyl (C=O) groups is 2. The largest absolute Gasteiger partial charge is 0.478 e. The number of alkyl carbamates (subject to hydrolysis) is 1. The summed E-state index contributed by atoms with van der Waals surface area (Å²) in [5.41, 5.74) is 0.115. The van der Waals surface area contributed by atoms with Crippen molar-refractivity contribution in [2.24, 2.45) is 0 Å². The van der Waals surface area contributed by atoms with Gasteiger partial charge in [-0.2, -0.15) is 4.37 Å². The van der Waals surface area contributed by atoms with Gasteiger partial charge in [0.2, 0.25) is 0 Å². The zero-order valence-electron chi connectivity index (χ0n) is 14.8. The molecule has 2 rings (SSSR count). The lowest BCUT2D eigenvalue weighted by Gasteiger charge is -2.26. The number of nitrogens with one attached hydrogen (secondary N) is 1. The van der Waals surface area contributed by atoms with Gasteiger partial charge >= 0.3 is 12.1 Å². The number of rotatable bonds is 6. The highest BCUT2D eigenvalue weighted by Crippen LogP contribution is 2.27.